The molecule has 0 radical (unpaired) electrons. The minimum absolute atomic E-state index is 0. The predicted octanol–water partition coefficient (Wildman–Crippen LogP) is 0.931. The molecule has 0 aliphatic carbocycles. The largest absolute Gasteiger partial charge is 0.312 e. The lowest BCUT2D eigenvalue weighted by Gasteiger charge is -2.19. The van der Waals surface area contributed by atoms with E-state index in [2.05, 4.69) is 22.2 Å². The minimum Gasteiger partial charge on any atom is -0.312 e. The number of sulfonamides is 1. The minimum atomic E-state index is -3.12. The molecule has 0 aromatic heterocycles. The van der Waals surface area contributed by atoms with E-state index in [0.717, 1.165) is 19.4 Å². The molecule has 1 aromatic rings. The maximum Gasteiger partial charge on any atom is 0.209 e. The fraction of sp³-hybridized carbons (Fsp3) is 0.500. The molecule has 1 heterocycles. The second kappa shape index (κ2) is 6.52. The van der Waals surface area contributed by atoms with Crippen LogP contribution >= 0.6 is 12.4 Å². The highest BCUT2D eigenvalue weighted by Gasteiger charge is 2.28. The molecular weight excluding hydrogens is 272 g/mol. The van der Waals surface area contributed by atoms with Gasteiger partial charge in [-0.3, -0.25) is 0 Å². The van der Waals surface area contributed by atoms with Gasteiger partial charge in [0.2, 0.25) is 10.0 Å². The molecule has 102 valence electrons. The smallest absolute Gasteiger partial charge is 0.209 e. The van der Waals surface area contributed by atoms with Crippen LogP contribution in [0, 0.1) is 0 Å². The van der Waals surface area contributed by atoms with Crippen molar-refractivity contribution in [3.05, 3.63) is 35.9 Å². The van der Waals surface area contributed by atoms with Crippen molar-refractivity contribution in [1.82, 2.24) is 10.0 Å². The van der Waals surface area contributed by atoms with Crippen LogP contribution in [0.4, 0.5) is 0 Å². The average Bonchev–Trinajstić information content (AvgIpc) is 2.65. The molecule has 0 unspecified atom stereocenters. The summed E-state index contributed by atoms with van der Waals surface area (Å²) in [4.78, 5) is 0. The molecule has 2 atom stereocenters. The van der Waals surface area contributed by atoms with Crippen LogP contribution in [-0.4, -0.2) is 33.3 Å². The number of hydrogen-bond acceptors (Lipinski definition) is 3. The third-order valence-corrected chi connectivity index (χ3v) is 3.74. The number of hydrogen-bond donors (Lipinski definition) is 2. The molecule has 0 spiro atoms. The number of rotatable bonds is 4. The number of halogens is 1. The van der Waals surface area contributed by atoms with Crippen LogP contribution in [0.25, 0.3) is 0 Å². The first-order valence-electron chi connectivity index (χ1n) is 5.79. The van der Waals surface area contributed by atoms with Gasteiger partial charge < -0.3 is 5.32 Å². The summed E-state index contributed by atoms with van der Waals surface area (Å²) in [7, 11) is -3.12. The summed E-state index contributed by atoms with van der Waals surface area (Å²) in [5.74, 6) is 0. The first-order valence-corrected chi connectivity index (χ1v) is 7.68. The monoisotopic (exact) mass is 290 g/mol. The Morgan fingerprint density at radius 2 is 2.00 bits per heavy atom. The normalized spacial score (nSPS) is 23.6. The van der Waals surface area contributed by atoms with Crippen molar-refractivity contribution < 1.29 is 8.42 Å². The molecule has 2 N–H and O–H groups in total. The fourth-order valence-electron chi connectivity index (χ4n) is 2.27. The Balaban J connectivity index is 0.00000162. The molecule has 6 heteroatoms. The Hall–Kier alpha value is -0.620. The molecule has 1 aliphatic heterocycles. The molecule has 0 amide bonds. The Labute approximate surface area is 115 Å². The number of benzene rings is 1. The standard InChI is InChI=1S/C12H18N2O2S.ClH/c1-17(15,16)14-11-7-8-13-12(11)9-10-5-3-2-4-6-10;/h2-6,11-14H,7-9H2,1H3;1H/t11-,12+;/m1./s1. The van der Waals surface area contributed by atoms with Crippen LogP contribution < -0.4 is 10.0 Å². The maximum atomic E-state index is 11.2. The Kier molecular flexibility index (Phi) is 5.59. The summed E-state index contributed by atoms with van der Waals surface area (Å²) < 4.78 is 25.2. The van der Waals surface area contributed by atoms with Crippen LogP contribution in [-0.2, 0) is 16.4 Å². The second-order valence-electron chi connectivity index (χ2n) is 4.54. The molecule has 2 rings (SSSR count). The van der Waals surface area contributed by atoms with E-state index in [1.165, 1.54) is 11.8 Å². The Bertz CT molecular complexity index is 464. The zero-order valence-corrected chi connectivity index (χ0v) is 11.9. The van der Waals surface area contributed by atoms with Gasteiger partial charge in [-0.1, -0.05) is 30.3 Å². The zero-order valence-electron chi connectivity index (χ0n) is 10.3. The van der Waals surface area contributed by atoms with E-state index >= 15 is 0 Å². The molecule has 0 bridgehead atoms. The molecule has 4 nitrogen and oxygen atoms in total. The van der Waals surface area contributed by atoms with Gasteiger partial charge in [0.1, 0.15) is 0 Å². The van der Waals surface area contributed by atoms with Crippen LogP contribution in [0.2, 0.25) is 0 Å². The van der Waals surface area contributed by atoms with Gasteiger partial charge in [0, 0.05) is 12.1 Å². The summed E-state index contributed by atoms with van der Waals surface area (Å²) in [5, 5.41) is 3.35. The van der Waals surface area contributed by atoms with E-state index < -0.39 is 10.0 Å². The van der Waals surface area contributed by atoms with Gasteiger partial charge >= 0.3 is 0 Å². The molecule has 1 aliphatic rings. The van der Waals surface area contributed by atoms with Gasteiger partial charge in [0.25, 0.3) is 0 Å². The lowest BCUT2D eigenvalue weighted by atomic mass is 10.0. The van der Waals surface area contributed by atoms with Gasteiger partial charge in [-0.25, -0.2) is 13.1 Å². The fourth-order valence-corrected chi connectivity index (χ4v) is 3.10. The Morgan fingerprint density at radius 1 is 1.33 bits per heavy atom. The lowest BCUT2D eigenvalue weighted by molar-refractivity contribution is 0.494. The Morgan fingerprint density at radius 3 is 2.61 bits per heavy atom. The first kappa shape index (κ1) is 15.4. The van der Waals surface area contributed by atoms with E-state index in [0.29, 0.717) is 0 Å². The van der Waals surface area contributed by atoms with Crippen molar-refractivity contribution in [2.75, 3.05) is 12.8 Å². The summed E-state index contributed by atoms with van der Waals surface area (Å²) in [6.45, 7) is 0.866. The quantitative estimate of drug-likeness (QED) is 0.867. The summed E-state index contributed by atoms with van der Waals surface area (Å²) in [6.07, 6.45) is 2.92. The topological polar surface area (TPSA) is 58.2 Å². The molecule has 1 aromatic carbocycles. The lowest BCUT2D eigenvalue weighted by Crippen LogP contribution is -2.44. The van der Waals surface area contributed by atoms with E-state index in [1.54, 1.807) is 0 Å². The van der Waals surface area contributed by atoms with Gasteiger partial charge in [0.05, 0.1) is 6.26 Å². The van der Waals surface area contributed by atoms with Gasteiger partial charge in [-0.2, -0.15) is 0 Å². The SMILES string of the molecule is CS(=O)(=O)N[C@@H]1CCN[C@H]1Cc1ccccc1.Cl. The van der Waals surface area contributed by atoms with Crippen LogP contribution in [0.1, 0.15) is 12.0 Å². The summed E-state index contributed by atoms with van der Waals surface area (Å²) in [6, 6.07) is 10.3. The highest BCUT2D eigenvalue weighted by Crippen LogP contribution is 2.13. The van der Waals surface area contributed by atoms with Gasteiger partial charge in [-0.15, -0.1) is 12.4 Å². The molecule has 1 fully saturated rings. The summed E-state index contributed by atoms with van der Waals surface area (Å²) >= 11 is 0. The second-order valence-corrected chi connectivity index (χ2v) is 6.32. The molecule has 18 heavy (non-hydrogen) atoms. The number of nitrogens with one attached hydrogen (secondary N) is 2. The molecular formula is C12H19ClN2O2S. The van der Waals surface area contributed by atoms with Crippen molar-refractivity contribution in [2.24, 2.45) is 0 Å². The van der Waals surface area contributed by atoms with Gasteiger partial charge in [0.15, 0.2) is 0 Å². The highest BCUT2D eigenvalue weighted by atomic mass is 35.5. The summed E-state index contributed by atoms with van der Waals surface area (Å²) in [5.41, 5.74) is 1.23. The van der Waals surface area contributed by atoms with E-state index in [1.807, 2.05) is 18.2 Å². The average molecular weight is 291 g/mol. The van der Waals surface area contributed by atoms with Crippen molar-refractivity contribution in [2.45, 2.75) is 24.9 Å². The van der Waals surface area contributed by atoms with Crippen LogP contribution in [0.5, 0.6) is 0 Å². The van der Waals surface area contributed by atoms with E-state index in [4.69, 9.17) is 0 Å². The van der Waals surface area contributed by atoms with Crippen molar-refractivity contribution in [1.29, 1.82) is 0 Å². The highest BCUT2D eigenvalue weighted by molar-refractivity contribution is 7.88. The maximum absolute atomic E-state index is 11.2. The molecule has 0 saturated carbocycles. The van der Waals surface area contributed by atoms with E-state index in [-0.39, 0.29) is 24.5 Å². The van der Waals surface area contributed by atoms with Crippen molar-refractivity contribution >= 4 is 22.4 Å². The predicted molar refractivity (Wildman–Crippen MR) is 75.6 cm³/mol. The van der Waals surface area contributed by atoms with Crippen LogP contribution in [0.3, 0.4) is 0 Å². The van der Waals surface area contributed by atoms with Gasteiger partial charge in [-0.05, 0) is 24.9 Å². The molecule has 1 saturated heterocycles. The third-order valence-electron chi connectivity index (χ3n) is 3.01. The van der Waals surface area contributed by atoms with E-state index in [9.17, 15) is 8.42 Å². The first-order chi connectivity index (χ1) is 8.04. The van der Waals surface area contributed by atoms with Crippen LogP contribution in [0.15, 0.2) is 30.3 Å². The van der Waals surface area contributed by atoms with Crippen molar-refractivity contribution in [3.63, 3.8) is 0 Å². The zero-order chi connectivity index (χ0) is 12.3. The third kappa shape index (κ3) is 4.57. The van der Waals surface area contributed by atoms with Crippen molar-refractivity contribution in [3.8, 4) is 0 Å².